The van der Waals surface area contributed by atoms with Crippen molar-refractivity contribution in [3.63, 3.8) is 0 Å². The highest BCUT2D eigenvalue weighted by molar-refractivity contribution is 4.99. The third-order valence-corrected chi connectivity index (χ3v) is 2.72. The van der Waals surface area contributed by atoms with E-state index in [1.165, 1.54) is 12.3 Å². The average molecular weight is 244 g/mol. The van der Waals surface area contributed by atoms with Crippen LogP contribution in [0.15, 0.2) is 17.1 Å². The topological polar surface area (TPSA) is 84.6 Å². The Morgan fingerprint density at radius 2 is 2.35 bits per heavy atom. The lowest BCUT2D eigenvalue weighted by Gasteiger charge is -2.15. The maximum Gasteiger partial charge on any atom is 0.349 e. The van der Waals surface area contributed by atoms with Crippen LogP contribution in [-0.4, -0.2) is 44.8 Å². The summed E-state index contributed by atoms with van der Waals surface area (Å²) in [6.07, 6.45) is -4.13. The molecule has 0 saturated carbocycles. The summed E-state index contributed by atoms with van der Waals surface area (Å²) in [5.41, 5.74) is -0.137. The van der Waals surface area contributed by atoms with Crippen molar-refractivity contribution in [2.75, 3.05) is 6.61 Å². The third-order valence-electron chi connectivity index (χ3n) is 2.72. The highest BCUT2D eigenvalue weighted by Crippen LogP contribution is 2.30. The number of hydrogen-bond acceptors (Lipinski definition) is 5. The molecule has 1 aliphatic heterocycles. The van der Waals surface area contributed by atoms with Crippen LogP contribution >= 0.6 is 0 Å². The molecule has 2 heterocycles. The molecule has 1 fully saturated rings. The average Bonchev–Trinajstić information content (AvgIpc) is 2.57. The van der Waals surface area contributed by atoms with Gasteiger partial charge in [0.05, 0.1) is 6.61 Å². The molecule has 1 saturated heterocycles. The van der Waals surface area contributed by atoms with Gasteiger partial charge in [-0.2, -0.15) is 4.98 Å². The second-order valence-electron chi connectivity index (χ2n) is 3.94. The van der Waals surface area contributed by atoms with Crippen LogP contribution in [-0.2, 0) is 4.74 Å². The molecule has 0 aliphatic carbocycles. The van der Waals surface area contributed by atoms with Gasteiger partial charge in [0.25, 0.3) is 0 Å². The Labute approximate surface area is 96.3 Å². The van der Waals surface area contributed by atoms with Crippen LogP contribution < -0.4 is 5.69 Å². The van der Waals surface area contributed by atoms with Gasteiger partial charge >= 0.3 is 5.69 Å². The number of aliphatic hydroxyl groups excluding tert-OH is 2. The monoisotopic (exact) mass is 244 g/mol. The van der Waals surface area contributed by atoms with E-state index in [-0.39, 0.29) is 0 Å². The molecule has 94 valence electrons. The van der Waals surface area contributed by atoms with Crippen molar-refractivity contribution >= 4 is 0 Å². The van der Waals surface area contributed by atoms with Gasteiger partial charge in [-0.1, -0.05) is 0 Å². The lowest BCUT2D eigenvalue weighted by molar-refractivity contribution is -0.0491. The minimum Gasteiger partial charge on any atom is -0.394 e. The van der Waals surface area contributed by atoms with Crippen molar-refractivity contribution in [2.24, 2.45) is 0 Å². The molecule has 4 atom stereocenters. The van der Waals surface area contributed by atoms with Gasteiger partial charge in [-0.25, -0.2) is 9.18 Å². The van der Waals surface area contributed by atoms with Crippen molar-refractivity contribution in [2.45, 2.75) is 31.5 Å². The maximum absolute atomic E-state index is 13.7. The van der Waals surface area contributed by atoms with Crippen molar-refractivity contribution in [3.8, 4) is 0 Å². The Hall–Kier alpha value is -1.31. The molecular formula is C10H13FN2O4. The number of aliphatic hydroxyl groups is 2. The van der Waals surface area contributed by atoms with Crippen molar-refractivity contribution in [1.29, 1.82) is 0 Å². The van der Waals surface area contributed by atoms with E-state index in [0.717, 1.165) is 4.57 Å². The molecule has 4 unspecified atom stereocenters. The number of halogens is 1. The Balaban J connectivity index is 2.32. The zero-order chi connectivity index (χ0) is 12.6. The molecule has 0 aromatic carbocycles. The fraction of sp³-hybridized carbons (Fsp3) is 0.600. The van der Waals surface area contributed by atoms with E-state index in [4.69, 9.17) is 9.84 Å². The summed E-state index contributed by atoms with van der Waals surface area (Å²) in [6.45, 7) is 1.13. The molecule has 2 rings (SSSR count). The summed E-state index contributed by atoms with van der Waals surface area (Å²) >= 11 is 0. The number of rotatable bonds is 2. The molecule has 1 aliphatic rings. The highest BCUT2D eigenvalue weighted by Gasteiger charge is 2.45. The standard InChI is InChI=1S/C10H13FN2O4/c1-5-2-3-13(10(16)12-5)9-7(11)8(15)6(4-14)17-9/h2-3,6-9,14-15H,4H2,1H3. The molecule has 0 radical (unpaired) electrons. The van der Waals surface area contributed by atoms with Gasteiger partial charge in [0, 0.05) is 11.9 Å². The maximum atomic E-state index is 13.7. The van der Waals surface area contributed by atoms with Gasteiger partial charge in [0.2, 0.25) is 0 Å². The lowest BCUT2D eigenvalue weighted by Crippen LogP contribution is -2.33. The lowest BCUT2D eigenvalue weighted by atomic mass is 10.1. The summed E-state index contributed by atoms with van der Waals surface area (Å²) in [5.74, 6) is 0. The number of aromatic nitrogens is 2. The van der Waals surface area contributed by atoms with Gasteiger partial charge in [0.15, 0.2) is 12.4 Å². The van der Waals surface area contributed by atoms with Crippen LogP contribution in [0.4, 0.5) is 4.39 Å². The zero-order valence-electron chi connectivity index (χ0n) is 9.15. The van der Waals surface area contributed by atoms with E-state index in [2.05, 4.69) is 4.98 Å². The van der Waals surface area contributed by atoms with Crippen LogP contribution in [0.25, 0.3) is 0 Å². The summed E-state index contributed by atoms with van der Waals surface area (Å²) in [4.78, 5) is 15.2. The van der Waals surface area contributed by atoms with E-state index in [1.54, 1.807) is 6.92 Å². The molecule has 17 heavy (non-hydrogen) atoms. The molecular weight excluding hydrogens is 231 g/mol. The van der Waals surface area contributed by atoms with Crippen molar-refractivity contribution in [1.82, 2.24) is 9.55 Å². The Bertz CT molecular complexity index is 464. The minimum atomic E-state index is -1.77. The summed E-state index contributed by atoms with van der Waals surface area (Å²) in [6, 6.07) is 1.54. The Morgan fingerprint density at radius 1 is 1.65 bits per heavy atom. The van der Waals surface area contributed by atoms with Gasteiger partial charge < -0.3 is 14.9 Å². The Morgan fingerprint density at radius 3 is 2.88 bits per heavy atom. The van der Waals surface area contributed by atoms with E-state index >= 15 is 0 Å². The molecule has 1 aromatic heterocycles. The number of hydrogen-bond donors (Lipinski definition) is 2. The number of aryl methyl sites for hydroxylation is 1. The van der Waals surface area contributed by atoms with Crippen LogP contribution in [0.2, 0.25) is 0 Å². The largest absolute Gasteiger partial charge is 0.394 e. The smallest absolute Gasteiger partial charge is 0.349 e. The number of alkyl halides is 1. The Kier molecular flexibility index (Phi) is 3.23. The van der Waals surface area contributed by atoms with Gasteiger partial charge in [0.1, 0.15) is 12.2 Å². The SMILES string of the molecule is Cc1ccn(C2OC(CO)C(O)C2F)c(=O)n1. The van der Waals surface area contributed by atoms with E-state index < -0.39 is 36.9 Å². The normalized spacial score (nSPS) is 32.9. The van der Waals surface area contributed by atoms with Gasteiger partial charge in [-0.05, 0) is 13.0 Å². The van der Waals surface area contributed by atoms with E-state index in [9.17, 15) is 14.3 Å². The first-order chi connectivity index (χ1) is 8.04. The van der Waals surface area contributed by atoms with Crippen LogP contribution in [0.5, 0.6) is 0 Å². The van der Waals surface area contributed by atoms with Crippen LogP contribution in [0.3, 0.4) is 0 Å². The first kappa shape index (κ1) is 12.2. The van der Waals surface area contributed by atoms with Crippen LogP contribution in [0.1, 0.15) is 11.9 Å². The van der Waals surface area contributed by atoms with Gasteiger partial charge in [-0.3, -0.25) is 4.57 Å². The first-order valence-electron chi connectivity index (χ1n) is 5.19. The van der Waals surface area contributed by atoms with Crippen LogP contribution in [0, 0.1) is 6.92 Å². The van der Waals surface area contributed by atoms with E-state index in [0.29, 0.717) is 5.69 Å². The predicted molar refractivity (Wildman–Crippen MR) is 55.1 cm³/mol. The number of ether oxygens (including phenoxy) is 1. The zero-order valence-corrected chi connectivity index (χ0v) is 9.15. The summed E-state index contributed by atoms with van der Waals surface area (Å²) in [7, 11) is 0. The van der Waals surface area contributed by atoms with Crippen molar-refractivity contribution in [3.05, 3.63) is 28.4 Å². The first-order valence-corrected chi connectivity index (χ1v) is 5.19. The molecule has 6 nitrogen and oxygen atoms in total. The molecule has 7 heteroatoms. The second-order valence-corrected chi connectivity index (χ2v) is 3.94. The fourth-order valence-corrected chi connectivity index (χ4v) is 1.77. The highest BCUT2D eigenvalue weighted by atomic mass is 19.1. The van der Waals surface area contributed by atoms with Crippen molar-refractivity contribution < 1.29 is 19.3 Å². The molecule has 0 bridgehead atoms. The summed E-state index contributed by atoms with van der Waals surface area (Å²) in [5, 5.41) is 18.3. The minimum absolute atomic E-state index is 0.508. The molecule has 0 spiro atoms. The van der Waals surface area contributed by atoms with Gasteiger partial charge in [-0.15, -0.1) is 0 Å². The third kappa shape index (κ3) is 2.08. The summed E-state index contributed by atoms with van der Waals surface area (Å²) < 4.78 is 19.8. The van der Waals surface area contributed by atoms with E-state index in [1.807, 2.05) is 0 Å². The number of nitrogens with zero attached hydrogens (tertiary/aromatic N) is 2. The fourth-order valence-electron chi connectivity index (χ4n) is 1.77. The molecule has 1 aromatic rings. The predicted octanol–water partition coefficient (Wildman–Crippen LogP) is -0.860. The quantitative estimate of drug-likeness (QED) is 0.707. The molecule has 0 amide bonds. The second kappa shape index (κ2) is 4.52. The molecule has 2 N–H and O–H groups in total.